The number of nitrogens with zero attached hydrogens (tertiary/aromatic N) is 2. The van der Waals surface area contributed by atoms with Gasteiger partial charge in [0.2, 0.25) is 10.0 Å². The van der Waals surface area contributed by atoms with Gasteiger partial charge in [-0.15, -0.1) is 0 Å². The summed E-state index contributed by atoms with van der Waals surface area (Å²) in [5.74, 6) is 1.06. The summed E-state index contributed by atoms with van der Waals surface area (Å²) in [5, 5.41) is 0. The molecule has 2 aliphatic rings. The normalized spacial score (nSPS) is 22.7. The van der Waals surface area contributed by atoms with Crippen molar-refractivity contribution >= 4 is 10.0 Å². The predicted octanol–water partition coefficient (Wildman–Crippen LogP) is 5.25. The molecule has 2 heterocycles. The first-order valence-corrected chi connectivity index (χ1v) is 14.8. The van der Waals surface area contributed by atoms with E-state index in [1.165, 1.54) is 16.7 Å². The van der Waals surface area contributed by atoms with Crippen molar-refractivity contribution in [3.8, 4) is 16.9 Å². The van der Waals surface area contributed by atoms with Gasteiger partial charge in [-0.1, -0.05) is 48.5 Å². The van der Waals surface area contributed by atoms with Gasteiger partial charge in [0.15, 0.2) is 0 Å². The number of hydrogen-bond acceptors (Lipinski definition) is 5. The third kappa shape index (κ3) is 5.00. The smallest absolute Gasteiger partial charge is 0.243 e. The molecule has 3 unspecified atom stereocenters. The second-order valence-electron chi connectivity index (χ2n) is 10.5. The van der Waals surface area contributed by atoms with Crippen LogP contribution >= 0.6 is 0 Å². The molecule has 5 rings (SSSR count). The van der Waals surface area contributed by atoms with E-state index in [9.17, 15) is 8.42 Å². The average molecular weight is 535 g/mol. The highest BCUT2D eigenvalue weighted by molar-refractivity contribution is 7.89. The van der Waals surface area contributed by atoms with Gasteiger partial charge in [-0.25, -0.2) is 8.42 Å². The third-order valence-corrected chi connectivity index (χ3v) is 10.3. The number of aryl methyl sites for hydroxylation is 2. The zero-order valence-corrected chi connectivity index (χ0v) is 23.6. The predicted molar refractivity (Wildman–Crippen MR) is 151 cm³/mol. The summed E-state index contributed by atoms with van der Waals surface area (Å²) in [6.45, 7) is 6.61. The van der Waals surface area contributed by atoms with Crippen LogP contribution in [0.25, 0.3) is 11.1 Å². The molecule has 38 heavy (non-hydrogen) atoms. The molecule has 2 aliphatic heterocycles. The van der Waals surface area contributed by atoms with Gasteiger partial charge < -0.3 is 9.47 Å². The lowest BCUT2D eigenvalue weighted by molar-refractivity contribution is -0.0635. The number of methoxy groups -OCH3 is 2. The maximum absolute atomic E-state index is 13.8. The molecular weight excluding hydrogens is 496 g/mol. The minimum absolute atomic E-state index is 0.114. The molecule has 0 bridgehead atoms. The standard InChI is InChI=1S/C31H38N2O4S/c1-22-9-5-6-10-30(22)38(34,35)32-17-7-8-18-33-28(20-32)31(29(33)21-36-3)25-13-11-24(12-14-25)27-16-15-26(37-4)19-23(27)2/h5-6,9-16,19,28-29,31H,7-8,17-18,20-21H2,1-4H3. The van der Waals surface area contributed by atoms with E-state index in [2.05, 4.69) is 48.2 Å². The lowest BCUT2D eigenvalue weighted by atomic mass is 9.74. The monoisotopic (exact) mass is 534 g/mol. The quantitative estimate of drug-likeness (QED) is 0.415. The lowest BCUT2D eigenvalue weighted by Gasteiger charge is -2.57. The van der Waals surface area contributed by atoms with Crippen molar-refractivity contribution in [1.29, 1.82) is 0 Å². The average Bonchev–Trinajstić information content (AvgIpc) is 2.90. The summed E-state index contributed by atoms with van der Waals surface area (Å²) >= 11 is 0. The molecule has 0 aromatic heterocycles. The van der Waals surface area contributed by atoms with E-state index < -0.39 is 10.0 Å². The van der Waals surface area contributed by atoms with Crippen LogP contribution < -0.4 is 4.74 Å². The van der Waals surface area contributed by atoms with E-state index in [-0.39, 0.29) is 18.0 Å². The van der Waals surface area contributed by atoms with Gasteiger partial charge in [-0.2, -0.15) is 4.31 Å². The van der Waals surface area contributed by atoms with Crippen molar-refractivity contribution in [3.05, 3.63) is 83.4 Å². The summed E-state index contributed by atoms with van der Waals surface area (Å²) in [7, 11) is -0.144. The molecule has 0 saturated carbocycles. The molecule has 0 spiro atoms. The first-order chi connectivity index (χ1) is 18.3. The Morgan fingerprint density at radius 3 is 2.32 bits per heavy atom. The molecule has 3 aromatic carbocycles. The Hall–Kier alpha value is -2.71. The number of hydrogen-bond donors (Lipinski definition) is 0. The Bertz CT molecular complexity index is 1370. The van der Waals surface area contributed by atoms with Crippen molar-refractivity contribution in [2.45, 2.75) is 49.6 Å². The van der Waals surface area contributed by atoms with E-state index in [0.717, 1.165) is 36.3 Å². The van der Waals surface area contributed by atoms with Crippen LogP contribution in [-0.4, -0.2) is 70.2 Å². The highest BCUT2D eigenvalue weighted by Gasteiger charge is 2.50. The van der Waals surface area contributed by atoms with Crippen LogP contribution in [0, 0.1) is 13.8 Å². The van der Waals surface area contributed by atoms with Gasteiger partial charge in [0, 0.05) is 38.2 Å². The van der Waals surface area contributed by atoms with Crippen molar-refractivity contribution in [3.63, 3.8) is 0 Å². The van der Waals surface area contributed by atoms with Crippen molar-refractivity contribution in [1.82, 2.24) is 9.21 Å². The first kappa shape index (κ1) is 26.9. The second kappa shape index (κ2) is 11.2. The summed E-state index contributed by atoms with van der Waals surface area (Å²) in [4.78, 5) is 2.88. The Morgan fingerprint density at radius 2 is 1.63 bits per heavy atom. The van der Waals surface area contributed by atoms with Crippen molar-refractivity contribution < 1.29 is 17.9 Å². The van der Waals surface area contributed by atoms with Crippen LogP contribution in [0.1, 0.15) is 35.4 Å². The molecule has 2 fully saturated rings. The van der Waals surface area contributed by atoms with E-state index in [4.69, 9.17) is 9.47 Å². The number of fused-ring (bicyclic) bond motifs is 1. The maximum atomic E-state index is 13.8. The van der Waals surface area contributed by atoms with Gasteiger partial charge in [0.1, 0.15) is 5.75 Å². The van der Waals surface area contributed by atoms with Gasteiger partial charge >= 0.3 is 0 Å². The number of ether oxygens (including phenoxy) is 2. The molecule has 202 valence electrons. The molecular formula is C31H38N2O4S. The SMILES string of the molecule is COCC1C(c2ccc(-c3ccc(OC)cc3C)cc2)C2CN(S(=O)(=O)c3ccccc3C)CCCCN12. The summed E-state index contributed by atoms with van der Waals surface area (Å²) < 4.78 is 40.2. The molecule has 2 saturated heterocycles. The zero-order valence-electron chi connectivity index (χ0n) is 22.8. The van der Waals surface area contributed by atoms with Crippen molar-refractivity contribution in [2.24, 2.45) is 0 Å². The Morgan fingerprint density at radius 1 is 0.895 bits per heavy atom. The minimum atomic E-state index is -3.58. The number of rotatable bonds is 7. The van der Waals surface area contributed by atoms with Gasteiger partial charge in [0.25, 0.3) is 0 Å². The fourth-order valence-corrected chi connectivity index (χ4v) is 7.96. The molecule has 6 nitrogen and oxygen atoms in total. The van der Waals surface area contributed by atoms with Gasteiger partial charge in [-0.3, -0.25) is 4.90 Å². The Balaban J connectivity index is 1.44. The molecule has 0 aliphatic carbocycles. The minimum Gasteiger partial charge on any atom is -0.497 e. The molecule has 3 atom stereocenters. The lowest BCUT2D eigenvalue weighted by Crippen LogP contribution is -2.68. The van der Waals surface area contributed by atoms with Crippen molar-refractivity contribution in [2.75, 3.05) is 40.5 Å². The van der Waals surface area contributed by atoms with Crippen LogP contribution in [-0.2, 0) is 14.8 Å². The first-order valence-electron chi connectivity index (χ1n) is 13.4. The Kier molecular flexibility index (Phi) is 7.91. The van der Waals surface area contributed by atoms with E-state index >= 15 is 0 Å². The van der Waals surface area contributed by atoms with Crippen LogP contribution in [0.2, 0.25) is 0 Å². The highest BCUT2D eigenvalue weighted by atomic mass is 32.2. The zero-order chi connectivity index (χ0) is 26.9. The second-order valence-corrected chi connectivity index (χ2v) is 12.4. The largest absolute Gasteiger partial charge is 0.497 e. The maximum Gasteiger partial charge on any atom is 0.243 e. The fourth-order valence-electron chi connectivity index (χ4n) is 6.24. The van der Waals surface area contributed by atoms with Crippen LogP contribution in [0.4, 0.5) is 0 Å². The summed E-state index contributed by atoms with van der Waals surface area (Å²) in [5.41, 5.74) is 5.54. The third-order valence-electron chi connectivity index (χ3n) is 8.23. The van der Waals surface area contributed by atoms with E-state index in [0.29, 0.717) is 24.6 Å². The van der Waals surface area contributed by atoms with E-state index in [1.54, 1.807) is 24.6 Å². The molecule has 7 heteroatoms. The molecule has 0 amide bonds. The van der Waals surface area contributed by atoms with Gasteiger partial charge in [-0.05, 0) is 79.3 Å². The fraction of sp³-hybridized carbons (Fsp3) is 0.419. The van der Waals surface area contributed by atoms with Gasteiger partial charge in [0.05, 0.1) is 18.6 Å². The molecule has 0 N–H and O–H groups in total. The number of benzene rings is 3. The van der Waals surface area contributed by atoms with E-state index in [1.807, 2.05) is 31.2 Å². The van der Waals surface area contributed by atoms with Crippen LogP contribution in [0.3, 0.4) is 0 Å². The van der Waals surface area contributed by atoms with Crippen LogP contribution in [0.5, 0.6) is 5.75 Å². The van der Waals surface area contributed by atoms with Crippen LogP contribution in [0.15, 0.2) is 71.6 Å². The Labute approximate surface area is 227 Å². The summed E-state index contributed by atoms with van der Waals surface area (Å²) in [6, 6.07) is 22.6. The molecule has 3 aromatic rings. The topological polar surface area (TPSA) is 59.1 Å². The highest BCUT2D eigenvalue weighted by Crippen LogP contribution is 2.43. The summed E-state index contributed by atoms with van der Waals surface area (Å²) in [6.07, 6.45) is 1.83. The molecule has 0 radical (unpaired) electrons. The number of sulfonamides is 1.